The molecule has 18 heavy (non-hydrogen) atoms. The maximum absolute atomic E-state index is 5.98. The first-order chi connectivity index (χ1) is 8.84. The van der Waals surface area contributed by atoms with E-state index in [1.807, 2.05) is 30.5 Å². The zero-order chi connectivity index (χ0) is 12.4. The van der Waals surface area contributed by atoms with E-state index >= 15 is 0 Å². The van der Waals surface area contributed by atoms with Crippen LogP contribution in [0.15, 0.2) is 49.1 Å². The maximum atomic E-state index is 5.98. The number of hydrogen-bond acceptors (Lipinski definition) is 4. The molecule has 2 aromatic heterocycles. The second kappa shape index (κ2) is 4.58. The van der Waals surface area contributed by atoms with Crippen LogP contribution in [0.5, 0.6) is 0 Å². The Labute approximate surface area is 109 Å². The van der Waals surface area contributed by atoms with Gasteiger partial charge in [0.15, 0.2) is 11.0 Å². The fourth-order valence-corrected chi connectivity index (χ4v) is 1.92. The third kappa shape index (κ3) is 1.98. The van der Waals surface area contributed by atoms with Crippen molar-refractivity contribution >= 4 is 33.9 Å². The number of aromatic nitrogens is 3. The molecule has 0 bridgehead atoms. The molecule has 0 unspecified atom stereocenters. The number of benzene rings is 1. The van der Waals surface area contributed by atoms with Crippen LogP contribution in [0, 0.1) is 0 Å². The quantitative estimate of drug-likeness (QED) is 0.763. The Morgan fingerprint density at radius 1 is 1.00 bits per heavy atom. The van der Waals surface area contributed by atoms with Crippen LogP contribution < -0.4 is 5.32 Å². The lowest BCUT2D eigenvalue weighted by atomic mass is 10.1. The normalized spacial score (nSPS) is 10.5. The molecule has 3 aromatic rings. The van der Waals surface area contributed by atoms with Gasteiger partial charge in [-0.05, 0) is 12.1 Å². The summed E-state index contributed by atoms with van der Waals surface area (Å²) in [6.45, 7) is 0. The summed E-state index contributed by atoms with van der Waals surface area (Å²) in [6, 6.07) is 7.87. The molecule has 0 radical (unpaired) electrons. The summed E-state index contributed by atoms with van der Waals surface area (Å²) in [5.41, 5.74) is 0.928. The van der Waals surface area contributed by atoms with Gasteiger partial charge in [-0.1, -0.05) is 23.7 Å². The molecule has 0 saturated carbocycles. The van der Waals surface area contributed by atoms with Crippen LogP contribution in [-0.2, 0) is 0 Å². The number of halogens is 1. The Kier molecular flexibility index (Phi) is 2.78. The van der Waals surface area contributed by atoms with Gasteiger partial charge in [-0.25, -0.2) is 9.97 Å². The molecule has 5 heteroatoms. The minimum Gasteiger partial charge on any atom is -0.337 e. The summed E-state index contributed by atoms with van der Waals surface area (Å²) < 4.78 is 0. The molecule has 1 aromatic carbocycles. The van der Waals surface area contributed by atoms with Crippen LogP contribution in [0.4, 0.5) is 11.5 Å². The van der Waals surface area contributed by atoms with E-state index in [1.165, 1.54) is 0 Å². The van der Waals surface area contributed by atoms with E-state index in [0.29, 0.717) is 11.0 Å². The van der Waals surface area contributed by atoms with Crippen molar-refractivity contribution in [3.05, 3.63) is 54.2 Å². The summed E-state index contributed by atoms with van der Waals surface area (Å²) in [4.78, 5) is 12.2. The minimum absolute atomic E-state index is 0.351. The van der Waals surface area contributed by atoms with Gasteiger partial charge in [0.25, 0.3) is 0 Å². The zero-order valence-electron chi connectivity index (χ0n) is 9.34. The number of nitrogens with one attached hydrogen (secondary N) is 1. The number of fused-ring (bicyclic) bond motifs is 1. The SMILES string of the molecule is Clc1nccnc1Nc1cccc2cnccc12. The molecule has 0 fully saturated rings. The lowest BCUT2D eigenvalue weighted by Crippen LogP contribution is -1.96. The fraction of sp³-hybridized carbons (Fsp3) is 0. The van der Waals surface area contributed by atoms with Gasteiger partial charge >= 0.3 is 0 Å². The first-order valence-corrected chi connectivity index (χ1v) is 5.78. The lowest BCUT2D eigenvalue weighted by molar-refractivity contribution is 1.20. The highest BCUT2D eigenvalue weighted by atomic mass is 35.5. The van der Waals surface area contributed by atoms with Gasteiger partial charge in [-0.3, -0.25) is 4.98 Å². The molecule has 0 aliphatic carbocycles. The highest BCUT2D eigenvalue weighted by molar-refractivity contribution is 6.31. The number of hydrogen-bond donors (Lipinski definition) is 1. The van der Waals surface area contributed by atoms with Crippen LogP contribution in [0.25, 0.3) is 10.8 Å². The molecule has 0 atom stereocenters. The highest BCUT2D eigenvalue weighted by Crippen LogP contribution is 2.26. The van der Waals surface area contributed by atoms with Crippen LogP contribution in [0.2, 0.25) is 5.15 Å². The smallest absolute Gasteiger partial charge is 0.171 e. The summed E-state index contributed by atoms with van der Waals surface area (Å²) in [6.07, 6.45) is 6.73. The van der Waals surface area contributed by atoms with E-state index in [-0.39, 0.29) is 0 Å². The monoisotopic (exact) mass is 256 g/mol. The van der Waals surface area contributed by atoms with E-state index in [4.69, 9.17) is 11.6 Å². The second-order valence-electron chi connectivity index (χ2n) is 3.72. The highest BCUT2D eigenvalue weighted by Gasteiger charge is 2.05. The zero-order valence-corrected chi connectivity index (χ0v) is 10.1. The number of nitrogens with zero attached hydrogens (tertiary/aromatic N) is 3. The molecular weight excluding hydrogens is 248 g/mol. The van der Waals surface area contributed by atoms with Gasteiger partial charge in [0.2, 0.25) is 0 Å². The maximum Gasteiger partial charge on any atom is 0.171 e. The molecule has 2 heterocycles. The Hall–Kier alpha value is -2.20. The molecule has 0 saturated heterocycles. The van der Waals surface area contributed by atoms with Gasteiger partial charge < -0.3 is 5.32 Å². The summed E-state index contributed by atoms with van der Waals surface area (Å²) in [5.74, 6) is 0.545. The van der Waals surface area contributed by atoms with Gasteiger partial charge in [0.05, 0.1) is 0 Å². The first kappa shape index (κ1) is 10.9. The summed E-state index contributed by atoms with van der Waals surface area (Å²) in [5, 5.41) is 5.65. The predicted octanol–water partition coefficient (Wildman–Crippen LogP) is 3.42. The Bertz CT molecular complexity index is 694. The first-order valence-electron chi connectivity index (χ1n) is 5.41. The molecule has 0 aliphatic rings. The van der Waals surface area contributed by atoms with Gasteiger partial charge in [-0.15, -0.1) is 0 Å². The molecule has 4 nitrogen and oxygen atoms in total. The van der Waals surface area contributed by atoms with Crippen molar-refractivity contribution in [1.29, 1.82) is 0 Å². The third-order valence-corrected chi connectivity index (χ3v) is 2.86. The predicted molar refractivity (Wildman–Crippen MR) is 72.1 cm³/mol. The molecule has 0 aliphatic heterocycles. The third-order valence-electron chi connectivity index (χ3n) is 2.59. The topological polar surface area (TPSA) is 50.7 Å². The van der Waals surface area contributed by atoms with Crippen molar-refractivity contribution in [2.75, 3.05) is 5.32 Å². The van der Waals surface area contributed by atoms with E-state index < -0.39 is 0 Å². The van der Waals surface area contributed by atoms with Crippen molar-refractivity contribution in [2.45, 2.75) is 0 Å². The molecule has 0 amide bonds. The van der Waals surface area contributed by atoms with Gasteiger partial charge in [-0.2, -0.15) is 0 Å². The van der Waals surface area contributed by atoms with Crippen molar-refractivity contribution in [2.24, 2.45) is 0 Å². The largest absolute Gasteiger partial charge is 0.337 e. The van der Waals surface area contributed by atoms with Gasteiger partial charge in [0, 0.05) is 41.2 Å². The average molecular weight is 257 g/mol. The average Bonchev–Trinajstić information content (AvgIpc) is 2.42. The van der Waals surface area contributed by atoms with E-state index in [2.05, 4.69) is 20.3 Å². The minimum atomic E-state index is 0.351. The van der Waals surface area contributed by atoms with Crippen molar-refractivity contribution in [3.63, 3.8) is 0 Å². The molecular formula is C13H9ClN4. The number of rotatable bonds is 2. The standard InChI is InChI=1S/C13H9ClN4/c14-12-13(17-7-6-16-12)18-11-3-1-2-9-8-15-5-4-10(9)11/h1-8H,(H,17,18). The molecule has 88 valence electrons. The molecule has 0 spiro atoms. The van der Waals surface area contributed by atoms with Crippen LogP contribution in [-0.4, -0.2) is 15.0 Å². The molecule has 1 N–H and O–H groups in total. The van der Waals surface area contributed by atoms with E-state index in [1.54, 1.807) is 18.6 Å². The summed E-state index contributed by atoms with van der Waals surface area (Å²) in [7, 11) is 0. The number of anilines is 2. The van der Waals surface area contributed by atoms with Crippen LogP contribution in [0.1, 0.15) is 0 Å². The van der Waals surface area contributed by atoms with E-state index in [9.17, 15) is 0 Å². The molecule has 3 rings (SSSR count). The van der Waals surface area contributed by atoms with Crippen molar-refractivity contribution in [3.8, 4) is 0 Å². The second-order valence-corrected chi connectivity index (χ2v) is 4.08. The van der Waals surface area contributed by atoms with Crippen molar-refractivity contribution < 1.29 is 0 Å². The van der Waals surface area contributed by atoms with Crippen LogP contribution >= 0.6 is 11.6 Å². The summed E-state index contributed by atoms with van der Waals surface area (Å²) >= 11 is 5.98. The van der Waals surface area contributed by atoms with Crippen LogP contribution in [0.3, 0.4) is 0 Å². The Morgan fingerprint density at radius 2 is 1.89 bits per heavy atom. The number of pyridine rings is 1. The van der Waals surface area contributed by atoms with Crippen molar-refractivity contribution in [1.82, 2.24) is 15.0 Å². The lowest BCUT2D eigenvalue weighted by Gasteiger charge is -2.09. The van der Waals surface area contributed by atoms with E-state index in [0.717, 1.165) is 16.5 Å². The Morgan fingerprint density at radius 3 is 2.78 bits per heavy atom. The fourth-order valence-electron chi connectivity index (χ4n) is 1.76. The van der Waals surface area contributed by atoms with Gasteiger partial charge in [0.1, 0.15) is 0 Å². The Balaban J connectivity index is 2.08.